The fourth-order valence-corrected chi connectivity index (χ4v) is 14.8. The molecule has 0 aliphatic carbocycles. The van der Waals surface area contributed by atoms with Gasteiger partial charge in [-0.25, -0.2) is 41.9 Å². The van der Waals surface area contributed by atoms with Gasteiger partial charge in [0.2, 0.25) is 0 Å². The average molecular weight is 1330 g/mol. The van der Waals surface area contributed by atoms with E-state index in [-0.39, 0.29) is 130 Å². The minimum atomic E-state index is -2.22. The van der Waals surface area contributed by atoms with Crippen LogP contribution in [0.25, 0.3) is 0 Å². The number of anilines is 1. The zero-order valence-electron chi connectivity index (χ0n) is 52.0. The Morgan fingerprint density at radius 1 is 0.713 bits per heavy atom. The number of carbonyl (C=O) groups excluding carboxylic acids is 4. The van der Waals surface area contributed by atoms with Crippen molar-refractivity contribution in [1.82, 2.24) is 40.3 Å². The van der Waals surface area contributed by atoms with Crippen molar-refractivity contribution in [2.24, 2.45) is 21.8 Å². The lowest BCUT2D eigenvalue weighted by atomic mass is 9.81. The molecular weight excluding hydrogens is 1260 g/mol. The number of hydrogen-bond acceptors (Lipinski definition) is 19. The number of nitrogens with one attached hydrogen (secondary N) is 2. The summed E-state index contributed by atoms with van der Waals surface area (Å²) in [6.07, 6.45) is 3.77. The van der Waals surface area contributed by atoms with E-state index in [4.69, 9.17) is 24.4 Å². The van der Waals surface area contributed by atoms with Crippen molar-refractivity contribution in [2.45, 2.75) is 95.9 Å². The number of alkyl halides is 2. The third-order valence-corrected chi connectivity index (χ3v) is 20.3. The fraction of sp³-hybridized carbons (Fsp3) is 0.388. The van der Waals surface area contributed by atoms with Gasteiger partial charge in [0, 0.05) is 124 Å². The summed E-state index contributed by atoms with van der Waals surface area (Å²) in [7, 11) is 0. The molecule has 6 aliphatic heterocycles. The van der Waals surface area contributed by atoms with Crippen LogP contribution in [0.3, 0.4) is 0 Å². The number of aromatic nitrogens is 3. The molecule has 4 N–H and O–H groups in total. The SMILES string of the molecule is CCOC(=O)C1=C(CN2CC[C@]3(F)C(=O)N(Cc4ccc(C(=O)O)cn4)C[C@@H]3C2)NC(c2ncc(COC(=O)C3=C(CN4CC[C@]5(F)C(=O)N(c6cccc(C(C)(C)CC(=O)O)c6)C[C@@H]5C4)NC(c4nccs4)=N[C@H]3c3cccc(F)c3C)s2)=N[C@H]1c1cccc(F)c1C. The van der Waals surface area contributed by atoms with Crippen LogP contribution in [0.15, 0.2) is 129 Å². The van der Waals surface area contributed by atoms with Crippen LogP contribution < -0.4 is 15.5 Å². The van der Waals surface area contributed by atoms with Gasteiger partial charge in [-0.3, -0.25) is 39.2 Å². The number of fused-ring (bicyclic) bond motifs is 2. The first-order chi connectivity index (χ1) is 44.9. The summed E-state index contributed by atoms with van der Waals surface area (Å²) in [6, 6.07) is 16.5. The number of carboxylic acids is 2. The highest BCUT2D eigenvalue weighted by Gasteiger charge is 2.59. The molecule has 0 saturated carbocycles. The Bertz CT molecular complexity index is 4160. The number of nitrogens with zero attached hydrogens (tertiary/aromatic N) is 9. The number of likely N-dealkylation sites (tertiary alicyclic amines) is 3. The van der Waals surface area contributed by atoms with E-state index in [1.807, 2.05) is 9.80 Å². The van der Waals surface area contributed by atoms with Crippen LogP contribution in [-0.2, 0) is 52.0 Å². The zero-order valence-corrected chi connectivity index (χ0v) is 53.6. The molecule has 0 bridgehead atoms. The summed E-state index contributed by atoms with van der Waals surface area (Å²) in [5.41, 5.74) is -1.80. The number of benzene rings is 3. The molecule has 4 fully saturated rings. The van der Waals surface area contributed by atoms with Crippen molar-refractivity contribution in [3.8, 4) is 0 Å². The highest BCUT2D eigenvalue weighted by molar-refractivity contribution is 7.13. The van der Waals surface area contributed by atoms with Crippen LogP contribution in [0.4, 0.5) is 23.2 Å². The molecule has 2 amide bonds. The largest absolute Gasteiger partial charge is 0.481 e. The number of hydrogen-bond donors (Lipinski definition) is 4. The van der Waals surface area contributed by atoms with Gasteiger partial charge in [0.1, 0.15) is 30.3 Å². The lowest BCUT2D eigenvalue weighted by molar-refractivity contribution is -0.141. The van der Waals surface area contributed by atoms with E-state index < -0.39 is 88.0 Å². The van der Waals surface area contributed by atoms with E-state index in [0.717, 1.165) is 11.3 Å². The molecule has 12 rings (SSSR count). The van der Waals surface area contributed by atoms with Gasteiger partial charge in [-0.05, 0) is 85.0 Å². The molecule has 3 aromatic carbocycles. The van der Waals surface area contributed by atoms with Crippen molar-refractivity contribution < 1.29 is 66.0 Å². The molecule has 21 nitrogen and oxygen atoms in total. The predicted octanol–water partition coefficient (Wildman–Crippen LogP) is 8.49. The number of pyridine rings is 1. The van der Waals surface area contributed by atoms with Crippen molar-refractivity contribution >= 4 is 75.7 Å². The topological polar surface area (TPSA) is 262 Å². The molecule has 0 radical (unpaired) electrons. The first-order valence-corrected chi connectivity index (χ1v) is 32.4. The number of halogens is 4. The Morgan fingerprint density at radius 3 is 1.88 bits per heavy atom. The van der Waals surface area contributed by atoms with Crippen LogP contribution >= 0.6 is 22.7 Å². The van der Waals surface area contributed by atoms with E-state index in [1.54, 1.807) is 82.6 Å². The maximum absolute atomic E-state index is 17.3. The third-order valence-electron chi connectivity index (χ3n) is 18.6. The maximum atomic E-state index is 17.3. The van der Waals surface area contributed by atoms with E-state index in [2.05, 4.69) is 20.6 Å². The average Bonchev–Trinajstić information content (AvgIpc) is 1.45. The van der Waals surface area contributed by atoms with Crippen molar-refractivity contribution in [3.05, 3.63) is 185 Å². The predicted molar refractivity (Wildman–Crippen MR) is 339 cm³/mol. The Labute approximate surface area is 545 Å². The third kappa shape index (κ3) is 12.6. The van der Waals surface area contributed by atoms with E-state index in [0.29, 0.717) is 55.2 Å². The number of rotatable bonds is 20. The Morgan fingerprint density at radius 2 is 1.31 bits per heavy atom. The van der Waals surface area contributed by atoms with Gasteiger partial charge in [-0.2, -0.15) is 0 Å². The molecule has 0 spiro atoms. The smallest absolute Gasteiger partial charge is 0.338 e. The number of esters is 2. The Kier molecular flexibility index (Phi) is 18.0. The molecule has 4 saturated heterocycles. The Balaban J connectivity index is 0.819. The number of carboxylic acid groups (broad SMARTS) is 2. The number of piperidine rings is 2. The van der Waals surface area contributed by atoms with Crippen molar-refractivity contribution in [1.29, 1.82) is 0 Å². The summed E-state index contributed by atoms with van der Waals surface area (Å²) in [5.74, 6) is -7.31. The van der Waals surface area contributed by atoms with Gasteiger partial charge in [0.15, 0.2) is 33.0 Å². The number of aliphatic imine (C=N–C) groups is 2. The van der Waals surface area contributed by atoms with E-state index in [1.165, 1.54) is 69.9 Å². The molecule has 6 aliphatic rings. The second-order valence-electron chi connectivity index (χ2n) is 25.0. The Hall–Kier alpha value is -9.05. The van der Waals surface area contributed by atoms with Gasteiger partial charge in [-0.15, -0.1) is 22.7 Å². The normalized spacial score (nSPS) is 23.3. The van der Waals surface area contributed by atoms with Gasteiger partial charge in [-0.1, -0.05) is 50.2 Å². The van der Waals surface area contributed by atoms with Crippen LogP contribution in [0, 0.1) is 37.3 Å². The molecule has 6 atom stereocenters. The van der Waals surface area contributed by atoms with Gasteiger partial charge < -0.3 is 40.1 Å². The zero-order chi connectivity index (χ0) is 66.5. The van der Waals surface area contributed by atoms with Gasteiger partial charge >= 0.3 is 23.9 Å². The monoisotopic (exact) mass is 1330 g/mol. The molecule has 9 heterocycles. The number of aliphatic carboxylic acids is 1. The minimum Gasteiger partial charge on any atom is -0.481 e. The molecule has 3 aromatic heterocycles. The highest BCUT2D eigenvalue weighted by Crippen LogP contribution is 2.45. The van der Waals surface area contributed by atoms with Crippen molar-refractivity contribution in [2.75, 3.05) is 63.9 Å². The summed E-state index contributed by atoms with van der Waals surface area (Å²) in [6.45, 7) is 8.45. The first kappa shape index (κ1) is 65.0. The fourth-order valence-electron chi connectivity index (χ4n) is 13.4. The number of aromatic carboxylic acids is 1. The summed E-state index contributed by atoms with van der Waals surface area (Å²) < 4.78 is 77.2. The minimum absolute atomic E-state index is 0.00494. The number of ether oxygens (including phenoxy) is 2. The lowest BCUT2D eigenvalue weighted by Crippen LogP contribution is -2.52. The second kappa shape index (κ2) is 26.0. The molecule has 490 valence electrons. The van der Waals surface area contributed by atoms with Crippen LogP contribution in [-0.4, -0.2) is 158 Å². The standard InChI is InChI=1S/C67H67F4N11O10S2/c1-6-91-61(87)52-49(33-79-21-18-66(70)40(28-79)30-81(63(66)89)32-42-17-16-38(26-73-42)60(85)86)76-57(78-54(52)45-12-8-14-47(68)36(45)2)59-74-27-44(94-59)35-92-62(88)53-50(75-56(58-72-20-23-93-58)77-55(53)46-13-9-15-48(69)37(46)3)34-80-22-19-67(71)41(29-80)31-82(64(67)90)43-11-7-10-39(24-43)65(4,5)25-51(83)84/h7-17,20,23-24,26-27,40-41,54-55H,6,18-19,21-22,25,28-35H2,1-5H3,(H,75,77)(H,76,78)(H,83,84)(H,85,86)/t40-,41-,54-,55-,66+,67+/m0/s1. The van der Waals surface area contributed by atoms with Crippen molar-refractivity contribution in [3.63, 3.8) is 0 Å². The first-order valence-electron chi connectivity index (χ1n) is 30.7. The van der Waals surface area contributed by atoms with Crippen LogP contribution in [0.5, 0.6) is 0 Å². The highest BCUT2D eigenvalue weighted by atomic mass is 32.1. The van der Waals surface area contributed by atoms with E-state index in [9.17, 15) is 34.2 Å². The molecular formula is C67H67F4N11O10S2. The molecule has 94 heavy (non-hydrogen) atoms. The van der Waals surface area contributed by atoms with Gasteiger partial charge in [0.05, 0.1) is 46.9 Å². The number of thiazole rings is 2. The van der Waals surface area contributed by atoms with E-state index >= 15 is 22.4 Å². The van der Waals surface area contributed by atoms with Crippen LogP contribution in [0.1, 0.15) is 111 Å². The summed E-state index contributed by atoms with van der Waals surface area (Å²) >= 11 is 2.39. The van der Waals surface area contributed by atoms with Crippen LogP contribution in [0.2, 0.25) is 0 Å². The summed E-state index contributed by atoms with van der Waals surface area (Å²) in [4.78, 5) is 111. The maximum Gasteiger partial charge on any atom is 0.338 e. The number of amides is 2. The summed E-state index contributed by atoms with van der Waals surface area (Å²) in [5, 5.41) is 28.2. The number of carbonyl (C=O) groups is 6. The quantitative estimate of drug-likeness (QED) is 0.0412. The number of amidine groups is 2. The lowest BCUT2D eigenvalue weighted by Gasteiger charge is -2.38. The second-order valence-corrected chi connectivity index (χ2v) is 27.0. The molecule has 27 heteroatoms. The van der Waals surface area contributed by atoms with Gasteiger partial charge in [0.25, 0.3) is 11.8 Å². The molecule has 6 aromatic rings. The molecule has 0 unspecified atom stereocenters.